The number of anilines is 1. The molecule has 0 aliphatic heterocycles. The molecule has 1 atom stereocenters. The topological polar surface area (TPSA) is 58.0 Å². The minimum absolute atomic E-state index is 0.199. The first-order valence-corrected chi connectivity index (χ1v) is 7.23. The lowest BCUT2D eigenvalue weighted by Gasteiger charge is -2.22. The number of aromatic nitrogens is 2. The summed E-state index contributed by atoms with van der Waals surface area (Å²) in [4.78, 5) is 8.71. The molecule has 1 aliphatic rings. The molecule has 0 radical (unpaired) electrons. The molecule has 1 aliphatic carbocycles. The van der Waals surface area contributed by atoms with Crippen molar-refractivity contribution in [3.8, 4) is 0 Å². The molecule has 0 amide bonds. The Balaban J connectivity index is 2.04. The van der Waals surface area contributed by atoms with E-state index in [4.69, 9.17) is 0 Å². The molecule has 1 aromatic heterocycles. The molecular formula is C16H21N3O. The first-order chi connectivity index (χ1) is 9.52. The maximum atomic E-state index is 9.91. The highest BCUT2D eigenvalue weighted by Gasteiger charge is 2.47. The summed E-state index contributed by atoms with van der Waals surface area (Å²) in [5.41, 5.74) is 2.01. The maximum absolute atomic E-state index is 9.91. The zero-order valence-electron chi connectivity index (χ0n) is 12.2. The lowest BCUT2D eigenvalue weighted by Crippen LogP contribution is -2.34. The zero-order chi connectivity index (χ0) is 14.3. The van der Waals surface area contributed by atoms with Crippen LogP contribution in [0.2, 0.25) is 0 Å². The van der Waals surface area contributed by atoms with Crippen molar-refractivity contribution in [3.05, 3.63) is 30.1 Å². The Kier molecular flexibility index (Phi) is 3.13. The molecule has 106 valence electrons. The average Bonchev–Trinajstić information content (AvgIpc) is 3.19. The van der Waals surface area contributed by atoms with Crippen LogP contribution in [0.5, 0.6) is 0 Å². The molecule has 1 aromatic carbocycles. The van der Waals surface area contributed by atoms with E-state index in [-0.39, 0.29) is 11.6 Å². The Bertz CT molecular complexity index is 633. The van der Waals surface area contributed by atoms with Crippen molar-refractivity contribution < 1.29 is 5.11 Å². The van der Waals surface area contributed by atoms with E-state index < -0.39 is 0 Å². The summed E-state index contributed by atoms with van der Waals surface area (Å²) >= 11 is 0. The van der Waals surface area contributed by atoms with E-state index in [1.54, 1.807) is 6.33 Å². The molecule has 1 unspecified atom stereocenters. The first kappa shape index (κ1) is 13.3. The molecule has 0 bridgehead atoms. The standard InChI is InChI=1S/C16H21N3O/c1-10(2)12-4-5-14-13(8-12)15(18-9-17-14)19-16(6-7-16)11(3)20/h4-5,8-11,20H,6-7H2,1-3H3,(H,17,18,19). The van der Waals surface area contributed by atoms with Gasteiger partial charge in [0.1, 0.15) is 12.1 Å². The highest BCUT2D eigenvalue weighted by Crippen LogP contribution is 2.42. The van der Waals surface area contributed by atoms with E-state index in [2.05, 4.69) is 41.3 Å². The number of aliphatic hydroxyl groups excluding tert-OH is 1. The molecule has 2 N–H and O–H groups in total. The summed E-state index contributed by atoms with van der Waals surface area (Å²) in [5.74, 6) is 1.30. The molecule has 0 saturated heterocycles. The van der Waals surface area contributed by atoms with Crippen molar-refractivity contribution >= 4 is 16.7 Å². The second-order valence-corrected chi connectivity index (χ2v) is 6.11. The van der Waals surface area contributed by atoms with E-state index in [1.165, 1.54) is 5.56 Å². The molecule has 4 nitrogen and oxygen atoms in total. The molecular weight excluding hydrogens is 250 g/mol. The summed E-state index contributed by atoms with van der Waals surface area (Å²) in [5, 5.41) is 14.4. The third-order valence-electron chi connectivity index (χ3n) is 4.28. The molecule has 20 heavy (non-hydrogen) atoms. The van der Waals surface area contributed by atoms with Crippen molar-refractivity contribution in [2.24, 2.45) is 0 Å². The molecule has 4 heteroatoms. The smallest absolute Gasteiger partial charge is 0.137 e. The summed E-state index contributed by atoms with van der Waals surface area (Å²) < 4.78 is 0. The Hall–Kier alpha value is -1.68. The van der Waals surface area contributed by atoms with Crippen molar-refractivity contribution in [3.63, 3.8) is 0 Å². The van der Waals surface area contributed by atoms with Gasteiger partial charge in [-0.1, -0.05) is 19.9 Å². The Labute approximate surface area is 119 Å². The zero-order valence-corrected chi connectivity index (χ0v) is 12.2. The fourth-order valence-corrected chi connectivity index (χ4v) is 2.55. The van der Waals surface area contributed by atoms with Gasteiger partial charge in [0.25, 0.3) is 0 Å². The largest absolute Gasteiger partial charge is 0.391 e. The van der Waals surface area contributed by atoms with Gasteiger partial charge in [-0.25, -0.2) is 9.97 Å². The van der Waals surface area contributed by atoms with Gasteiger partial charge in [-0.15, -0.1) is 0 Å². The van der Waals surface area contributed by atoms with Crippen molar-refractivity contribution in [2.45, 2.75) is 51.2 Å². The predicted octanol–water partition coefficient (Wildman–Crippen LogP) is 3.08. The third-order valence-corrected chi connectivity index (χ3v) is 4.28. The van der Waals surface area contributed by atoms with Gasteiger partial charge in [-0.3, -0.25) is 0 Å². The van der Waals surface area contributed by atoms with Gasteiger partial charge in [0.15, 0.2) is 0 Å². The van der Waals surface area contributed by atoms with Crippen molar-refractivity contribution in [1.82, 2.24) is 9.97 Å². The van der Waals surface area contributed by atoms with Crippen LogP contribution in [-0.2, 0) is 0 Å². The number of hydrogen-bond acceptors (Lipinski definition) is 4. The summed E-state index contributed by atoms with van der Waals surface area (Å²) in [7, 11) is 0. The monoisotopic (exact) mass is 271 g/mol. The normalized spacial score (nSPS) is 18.2. The van der Waals surface area contributed by atoms with Crippen LogP contribution in [0.15, 0.2) is 24.5 Å². The van der Waals surface area contributed by atoms with E-state index >= 15 is 0 Å². The SMILES string of the molecule is CC(C)c1ccc2ncnc(NC3(C(C)O)CC3)c2c1. The number of fused-ring (bicyclic) bond motifs is 1. The quantitative estimate of drug-likeness (QED) is 0.897. The highest BCUT2D eigenvalue weighted by atomic mass is 16.3. The van der Waals surface area contributed by atoms with Crippen LogP contribution >= 0.6 is 0 Å². The van der Waals surface area contributed by atoms with Gasteiger partial charge in [0.2, 0.25) is 0 Å². The van der Waals surface area contributed by atoms with Crippen LogP contribution in [-0.4, -0.2) is 26.7 Å². The Morgan fingerprint density at radius 3 is 2.55 bits per heavy atom. The number of benzene rings is 1. The summed E-state index contributed by atoms with van der Waals surface area (Å²) in [6, 6.07) is 6.31. The van der Waals surface area contributed by atoms with Gasteiger partial charge in [-0.2, -0.15) is 0 Å². The molecule has 0 spiro atoms. The number of rotatable bonds is 4. The lowest BCUT2D eigenvalue weighted by atomic mass is 10.0. The minimum atomic E-state index is -0.374. The van der Waals surface area contributed by atoms with E-state index in [0.29, 0.717) is 5.92 Å². The highest BCUT2D eigenvalue weighted by molar-refractivity contribution is 5.89. The van der Waals surface area contributed by atoms with Crippen LogP contribution in [0, 0.1) is 0 Å². The average molecular weight is 271 g/mol. The van der Waals surface area contributed by atoms with Crippen LogP contribution < -0.4 is 5.32 Å². The van der Waals surface area contributed by atoms with Crippen molar-refractivity contribution in [2.75, 3.05) is 5.32 Å². The lowest BCUT2D eigenvalue weighted by molar-refractivity contribution is 0.162. The first-order valence-electron chi connectivity index (χ1n) is 7.23. The maximum Gasteiger partial charge on any atom is 0.137 e. The Morgan fingerprint density at radius 1 is 1.20 bits per heavy atom. The summed E-state index contributed by atoms with van der Waals surface area (Å²) in [6.45, 7) is 6.19. The van der Waals surface area contributed by atoms with E-state index in [9.17, 15) is 5.11 Å². The van der Waals surface area contributed by atoms with Crippen molar-refractivity contribution in [1.29, 1.82) is 0 Å². The third kappa shape index (κ3) is 2.24. The fraction of sp³-hybridized carbons (Fsp3) is 0.500. The van der Waals surface area contributed by atoms with Gasteiger partial charge < -0.3 is 10.4 Å². The molecule has 1 saturated carbocycles. The predicted molar refractivity (Wildman–Crippen MR) is 80.9 cm³/mol. The molecule has 2 aromatic rings. The van der Waals surface area contributed by atoms with Gasteiger partial charge in [0.05, 0.1) is 17.2 Å². The van der Waals surface area contributed by atoms with Crippen LogP contribution in [0.4, 0.5) is 5.82 Å². The number of nitrogens with zero attached hydrogens (tertiary/aromatic N) is 2. The fourth-order valence-electron chi connectivity index (χ4n) is 2.55. The number of nitrogens with one attached hydrogen (secondary N) is 1. The van der Waals surface area contributed by atoms with Gasteiger partial charge in [0, 0.05) is 5.39 Å². The van der Waals surface area contributed by atoms with Crippen LogP contribution in [0.25, 0.3) is 10.9 Å². The molecule has 1 heterocycles. The van der Waals surface area contributed by atoms with Gasteiger partial charge >= 0.3 is 0 Å². The van der Waals surface area contributed by atoms with E-state index in [1.807, 2.05) is 13.0 Å². The second kappa shape index (κ2) is 4.70. The molecule has 3 rings (SSSR count). The van der Waals surface area contributed by atoms with Crippen LogP contribution in [0.1, 0.15) is 45.1 Å². The number of hydrogen-bond donors (Lipinski definition) is 2. The minimum Gasteiger partial charge on any atom is -0.391 e. The van der Waals surface area contributed by atoms with E-state index in [0.717, 1.165) is 29.6 Å². The summed E-state index contributed by atoms with van der Waals surface area (Å²) in [6.07, 6.45) is 3.18. The molecule has 1 fully saturated rings. The van der Waals surface area contributed by atoms with Gasteiger partial charge in [-0.05, 0) is 43.4 Å². The Morgan fingerprint density at radius 2 is 1.95 bits per heavy atom. The number of aliphatic hydroxyl groups is 1. The second-order valence-electron chi connectivity index (χ2n) is 6.11. The van der Waals surface area contributed by atoms with Crippen LogP contribution in [0.3, 0.4) is 0 Å².